The minimum absolute atomic E-state index is 0.0994. The van der Waals surface area contributed by atoms with E-state index >= 15 is 0 Å². The standard InChI is InChI=1S/C20H20N2O3/c23-20(22-10-12-24-13-11-22)21-19(15-6-2-1-3-7-15)18-14-16-8-4-5-9-17(16)25-18/h1-9,14,19H,10-13H2,(H,21,23)/t19-/m1/s1. The second-order valence-corrected chi connectivity index (χ2v) is 6.08. The van der Waals surface area contributed by atoms with E-state index in [-0.39, 0.29) is 12.1 Å². The normalized spacial score (nSPS) is 15.9. The largest absolute Gasteiger partial charge is 0.459 e. The van der Waals surface area contributed by atoms with Gasteiger partial charge in [0.1, 0.15) is 17.4 Å². The predicted octanol–water partition coefficient (Wildman–Crippen LogP) is 3.56. The molecule has 128 valence electrons. The number of carbonyl (C=O) groups excluding carboxylic acids is 1. The molecule has 1 atom stereocenters. The number of fused-ring (bicyclic) bond motifs is 1. The predicted molar refractivity (Wildman–Crippen MR) is 95.4 cm³/mol. The Hall–Kier alpha value is -2.79. The van der Waals surface area contributed by atoms with Gasteiger partial charge < -0.3 is 19.4 Å². The number of nitrogens with zero attached hydrogens (tertiary/aromatic N) is 1. The number of nitrogens with one attached hydrogen (secondary N) is 1. The van der Waals surface area contributed by atoms with Crippen LogP contribution in [0.4, 0.5) is 4.79 Å². The molecule has 2 amide bonds. The maximum Gasteiger partial charge on any atom is 0.318 e. The molecule has 0 aliphatic carbocycles. The number of para-hydroxylation sites is 1. The van der Waals surface area contributed by atoms with E-state index in [2.05, 4.69) is 5.32 Å². The summed E-state index contributed by atoms with van der Waals surface area (Å²) in [6.45, 7) is 2.36. The molecule has 3 aromatic rings. The maximum absolute atomic E-state index is 12.7. The molecule has 4 rings (SSSR count). The number of hydrogen-bond acceptors (Lipinski definition) is 3. The molecule has 5 heteroatoms. The van der Waals surface area contributed by atoms with E-state index in [0.717, 1.165) is 22.3 Å². The van der Waals surface area contributed by atoms with Crippen molar-refractivity contribution in [1.29, 1.82) is 0 Å². The van der Waals surface area contributed by atoms with Gasteiger partial charge in [-0.1, -0.05) is 48.5 Å². The lowest BCUT2D eigenvalue weighted by atomic mass is 10.0. The van der Waals surface area contributed by atoms with Crippen molar-refractivity contribution in [2.24, 2.45) is 0 Å². The first-order valence-corrected chi connectivity index (χ1v) is 8.48. The van der Waals surface area contributed by atoms with Crippen LogP contribution >= 0.6 is 0 Å². The number of ether oxygens (including phenoxy) is 1. The first-order chi connectivity index (χ1) is 12.3. The summed E-state index contributed by atoms with van der Waals surface area (Å²) in [5.74, 6) is 0.731. The molecule has 0 bridgehead atoms. The maximum atomic E-state index is 12.7. The molecule has 1 aromatic heterocycles. The summed E-state index contributed by atoms with van der Waals surface area (Å²) in [6, 6.07) is 19.3. The van der Waals surface area contributed by atoms with Gasteiger partial charge in [-0.25, -0.2) is 4.79 Å². The number of morpholine rings is 1. The number of carbonyl (C=O) groups is 1. The number of rotatable bonds is 3. The summed E-state index contributed by atoms with van der Waals surface area (Å²) in [5.41, 5.74) is 1.81. The molecule has 0 unspecified atom stereocenters. The summed E-state index contributed by atoms with van der Waals surface area (Å²) < 4.78 is 11.3. The van der Waals surface area contributed by atoms with Crippen molar-refractivity contribution >= 4 is 17.0 Å². The number of urea groups is 1. The third-order valence-corrected chi connectivity index (χ3v) is 4.43. The van der Waals surface area contributed by atoms with Crippen LogP contribution in [-0.4, -0.2) is 37.2 Å². The highest BCUT2D eigenvalue weighted by Gasteiger charge is 2.24. The molecule has 2 aromatic carbocycles. The van der Waals surface area contributed by atoms with Crippen LogP contribution in [0.25, 0.3) is 11.0 Å². The molecule has 2 heterocycles. The highest BCUT2D eigenvalue weighted by atomic mass is 16.5. The van der Waals surface area contributed by atoms with Gasteiger partial charge in [0.2, 0.25) is 0 Å². The van der Waals surface area contributed by atoms with Crippen molar-refractivity contribution in [2.75, 3.05) is 26.3 Å². The Kier molecular flexibility index (Phi) is 4.39. The lowest BCUT2D eigenvalue weighted by molar-refractivity contribution is 0.0526. The van der Waals surface area contributed by atoms with E-state index in [9.17, 15) is 4.79 Å². The third-order valence-electron chi connectivity index (χ3n) is 4.43. The monoisotopic (exact) mass is 336 g/mol. The average Bonchev–Trinajstić information content (AvgIpc) is 3.11. The van der Waals surface area contributed by atoms with Gasteiger partial charge in [0.15, 0.2) is 0 Å². The Labute approximate surface area is 146 Å². The Bertz CT molecular complexity index is 821. The number of amides is 2. The topological polar surface area (TPSA) is 54.7 Å². The van der Waals surface area contributed by atoms with Gasteiger partial charge in [-0.05, 0) is 17.7 Å². The Morgan fingerprint density at radius 1 is 1.00 bits per heavy atom. The van der Waals surface area contributed by atoms with Crippen LogP contribution in [0, 0.1) is 0 Å². The molecule has 0 saturated carbocycles. The van der Waals surface area contributed by atoms with Crippen LogP contribution in [0.1, 0.15) is 17.4 Å². The van der Waals surface area contributed by atoms with Gasteiger partial charge in [0.05, 0.1) is 13.2 Å². The number of benzene rings is 2. The summed E-state index contributed by atoms with van der Waals surface area (Å²) in [4.78, 5) is 14.5. The number of hydrogen-bond donors (Lipinski definition) is 1. The minimum atomic E-state index is -0.330. The van der Waals surface area contributed by atoms with Crippen molar-refractivity contribution in [3.05, 3.63) is 72.0 Å². The Morgan fingerprint density at radius 2 is 1.72 bits per heavy atom. The van der Waals surface area contributed by atoms with Crippen LogP contribution in [0.3, 0.4) is 0 Å². The van der Waals surface area contributed by atoms with Crippen molar-refractivity contribution in [3.63, 3.8) is 0 Å². The van der Waals surface area contributed by atoms with E-state index in [0.29, 0.717) is 26.3 Å². The first kappa shape index (κ1) is 15.7. The molecule has 1 aliphatic heterocycles. The summed E-state index contributed by atoms with van der Waals surface area (Å²) in [7, 11) is 0. The molecular formula is C20H20N2O3. The van der Waals surface area contributed by atoms with E-state index in [1.54, 1.807) is 4.90 Å². The van der Waals surface area contributed by atoms with Crippen LogP contribution in [-0.2, 0) is 4.74 Å². The fraction of sp³-hybridized carbons (Fsp3) is 0.250. The zero-order valence-corrected chi connectivity index (χ0v) is 13.9. The molecule has 1 aliphatic rings. The second-order valence-electron chi connectivity index (χ2n) is 6.08. The van der Waals surface area contributed by atoms with Crippen molar-refractivity contribution < 1.29 is 13.9 Å². The quantitative estimate of drug-likeness (QED) is 0.795. The van der Waals surface area contributed by atoms with Crippen LogP contribution in [0.5, 0.6) is 0 Å². The lowest BCUT2D eigenvalue weighted by Crippen LogP contribution is -2.47. The van der Waals surface area contributed by atoms with E-state index in [1.807, 2.05) is 60.7 Å². The lowest BCUT2D eigenvalue weighted by Gasteiger charge is -2.29. The molecule has 25 heavy (non-hydrogen) atoms. The van der Waals surface area contributed by atoms with Gasteiger partial charge in [0, 0.05) is 18.5 Å². The summed E-state index contributed by atoms with van der Waals surface area (Å²) >= 11 is 0. The zero-order chi connectivity index (χ0) is 17.1. The molecule has 1 fully saturated rings. The van der Waals surface area contributed by atoms with E-state index < -0.39 is 0 Å². The van der Waals surface area contributed by atoms with Crippen molar-refractivity contribution in [2.45, 2.75) is 6.04 Å². The highest BCUT2D eigenvalue weighted by Crippen LogP contribution is 2.28. The SMILES string of the molecule is O=C(N[C@H](c1ccccc1)c1cc2ccccc2o1)N1CCOCC1. The smallest absolute Gasteiger partial charge is 0.318 e. The molecule has 5 nitrogen and oxygen atoms in total. The fourth-order valence-corrected chi connectivity index (χ4v) is 3.09. The molecule has 0 radical (unpaired) electrons. The van der Waals surface area contributed by atoms with Gasteiger partial charge in [-0.2, -0.15) is 0 Å². The fourth-order valence-electron chi connectivity index (χ4n) is 3.09. The molecule has 1 N–H and O–H groups in total. The Morgan fingerprint density at radius 3 is 2.48 bits per heavy atom. The summed E-state index contributed by atoms with van der Waals surface area (Å²) in [5, 5.41) is 4.14. The molecular weight excluding hydrogens is 316 g/mol. The Balaban J connectivity index is 1.65. The molecule has 0 spiro atoms. The van der Waals surface area contributed by atoms with Crippen LogP contribution < -0.4 is 5.32 Å². The third kappa shape index (κ3) is 3.37. The zero-order valence-electron chi connectivity index (χ0n) is 13.9. The van der Waals surface area contributed by atoms with Crippen molar-refractivity contribution in [1.82, 2.24) is 10.2 Å². The van der Waals surface area contributed by atoms with Crippen LogP contribution in [0.15, 0.2) is 65.1 Å². The first-order valence-electron chi connectivity index (χ1n) is 8.48. The van der Waals surface area contributed by atoms with Gasteiger partial charge >= 0.3 is 6.03 Å². The molecule has 1 saturated heterocycles. The summed E-state index contributed by atoms with van der Waals surface area (Å²) in [6.07, 6.45) is 0. The minimum Gasteiger partial charge on any atom is -0.459 e. The average molecular weight is 336 g/mol. The van der Waals surface area contributed by atoms with E-state index in [4.69, 9.17) is 9.15 Å². The van der Waals surface area contributed by atoms with Gasteiger partial charge in [0.25, 0.3) is 0 Å². The highest BCUT2D eigenvalue weighted by molar-refractivity contribution is 5.79. The van der Waals surface area contributed by atoms with Gasteiger partial charge in [-0.3, -0.25) is 0 Å². The number of furan rings is 1. The van der Waals surface area contributed by atoms with Crippen LogP contribution in [0.2, 0.25) is 0 Å². The van der Waals surface area contributed by atoms with E-state index in [1.165, 1.54) is 0 Å². The van der Waals surface area contributed by atoms with Gasteiger partial charge in [-0.15, -0.1) is 0 Å². The second kappa shape index (κ2) is 6.99. The van der Waals surface area contributed by atoms with Crippen molar-refractivity contribution in [3.8, 4) is 0 Å².